The number of hydrogen-bond donors (Lipinski definition) is 2. The summed E-state index contributed by atoms with van der Waals surface area (Å²) >= 11 is 0. The summed E-state index contributed by atoms with van der Waals surface area (Å²) in [5.74, 6) is 0.423. The number of rotatable bonds is 8. The number of carbonyl (C=O) groups is 2. The van der Waals surface area contributed by atoms with Crippen LogP contribution in [-0.2, 0) is 22.6 Å². The zero-order chi connectivity index (χ0) is 23.8. The van der Waals surface area contributed by atoms with E-state index >= 15 is 0 Å². The molecule has 0 radical (unpaired) electrons. The quantitative estimate of drug-likeness (QED) is 0.546. The van der Waals surface area contributed by atoms with Crippen molar-refractivity contribution in [1.29, 1.82) is 0 Å². The number of ether oxygens (including phenoxy) is 2. The van der Waals surface area contributed by atoms with Gasteiger partial charge in [-0.25, -0.2) is 9.97 Å². The van der Waals surface area contributed by atoms with Crippen molar-refractivity contribution in [2.75, 3.05) is 19.6 Å². The van der Waals surface area contributed by atoms with Crippen molar-refractivity contribution in [2.24, 2.45) is 5.92 Å². The summed E-state index contributed by atoms with van der Waals surface area (Å²) in [5, 5.41) is 5.98. The van der Waals surface area contributed by atoms with Gasteiger partial charge in [0, 0.05) is 6.42 Å². The Balaban J connectivity index is 0.00000408. The van der Waals surface area contributed by atoms with Crippen molar-refractivity contribution in [3.8, 4) is 5.75 Å². The Morgan fingerprint density at radius 1 is 1.12 bits per heavy atom. The van der Waals surface area contributed by atoms with E-state index in [1.165, 1.54) is 0 Å². The number of benzene rings is 1. The minimum atomic E-state index is -0.626. The van der Waals surface area contributed by atoms with Gasteiger partial charge in [0.2, 0.25) is 0 Å². The van der Waals surface area contributed by atoms with Crippen LogP contribution in [0.4, 0.5) is 0 Å². The fraction of sp³-hybridized carbons (Fsp3) is 0.520. The molecule has 34 heavy (non-hydrogen) atoms. The normalized spacial score (nSPS) is 14.1. The van der Waals surface area contributed by atoms with Crippen molar-refractivity contribution in [3.63, 3.8) is 0 Å². The van der Waals surface area contributed by atoms with Crippen LogP contribution in [0.5, 0.6) is 5.75 Å². The first-order chi connectivity index (χ1) is 15.7. The van der Waals surface area contributed by atoms with Crippen LogP contribution in [0.2, 0.25) is 0 Å². The molecule has 1 saturated heterocycles. The van der Waals surface area contributed by atoms with Gasteiger partial charge in [-0.15, -0.1) is 12.4 Å². The van der Waals surface area contributed by atoms with Gasteiger partial charge in [-0.2, -0.15) is 0 Å². The Morgan fingerprint density at radius 3 is 2.44 bits per heavy atom. The van der Waals surface area contributed by atoms with Gasteiger partial charge >= 0.3 is 5.97 Å². The predicted octanol–water partition coefficient (Wildman–Crippen LogP) is 3.40. The second kappa shape index (κ2) is 12.7. The lowest BCUT2D eigenvalue weighted by molar-refractivity contribution is -0.153. The van der Waals surface area contributed by atoms with E-state index in [9.17, 15) is 9.59 Å². The van der Waals surface area contributed by atoms with Gasteiger partial charge in [0.15, 0.2) is 11.4 Å². The molecule has 186 valence electrons. The van der Waals surface area contributed by atoms with E-state index in [0.717, 1.165) is 31.5 Å². The molecule has 1 amide bonds. The van der Waals surface area contributed by atoms with Gasteiger partial charge in [-0.05, 0) is 65.1 Å². The van der Waals surface area contributed by atoms with Crippen LogP contribution >= 0.6 is 12.4 Å². The largest absolute Gasteiger partial charge is 0.485 e. The highest BCUT2D eigenvalue weighted by atomic mass is 35.5. The summed E-state index contributed by atoms with van der Waals surface area (Å²) in [6.45, 7) is 9.15. The number of aryl methyl sites for hydroxylation is 1. The molecule has 1 aliphatic rings. The van der Waals surface area contributed by atoms with Crippen LogP contribution in [0, 0.1) is 12.8 Å². The second-order valence-electron chi connectivity index (χ2n) is 9.34. The van der Waals surface area contributed by atoms with Crippen molar-refractivity contribution < 1.29 is 19.1 Å². The molecule has 2 heterocycles. The third-order valence-electron chi connectivity index (χ3n) is 5.27. The smallest absolute Gasteiger partial charge is 0.325 e. The topological polar surface area (TPSA) is 102 Å². The minimum Gasteiger partial charge on any atom is -0.485 e. The lowest BCUT2D eigenvalue weighted by Crippen LogP contribution is -2.35. The van der Waals surface area contributed by atoms with E-state index in [-0.39, 0.29) is 31.3 Å². The first kappa shape index (κ1) is 27.5. The first-order valence-corrected chi connectivity index (χ1v) is 11.5. The minimum absolute atomic E-state index is 0. The Labute approximate surface area is 207 Å². The van der Waals surface area contributed by atoms with Crippen LogP contribution in [0.3, 0.4) is 0 Å². The highest BCUT2D eigenvalue weighted by molar-refractivity contribution is 5.96. The molecule has 0 atom stereocenters. The molecule has 0 unspecified atom stereocenters. The average molecular weight is 491 g/mol. The lowest BCUT2D eigenvalue weighted by atomic mass is 9.94. The number of nitrogens with zero attached hydrogens (tertiary/aromatic N) is 2. The zero-order valence-corrected chi connectivity index (χ0v) is 21.2. The van der Waals surface area contributed by atoms with E-state index < -0.39 is 17.5 Å². The SMILES string of the molecule is Cc1nc(CC2CCNCC2)nc(C(=O)NCC(=O)OC(C)(C)C)c1OCc1ccccc1.Cl. The molecule has 0 saturated carbocycles. The summed E-state index contributed by atoms with van der Waals surface area (Å²) < 4.78 is 11.3. The summed E-state index contributed by atoms with van der Waals surface area (Å²) in [6, 6.07) is 9.69. The molecule has 0 spiro atoms. The van der Waals surface area contributed by atoms with Crippen LogP contribution in [0.15, 0.2) is 30.3 Å². The number of carbonyl (C=O) groups excluding carboxylic acids is 2. The van der Waals surface area contributed by atoms with E-state index in [0.29, 0.717) is 29.6 Å². The van der Waals surface area contributed by atoms with Gasteiger partial charge in [-0.3, -0.25) is 9.59 Å². The molecule has 1 aromatic heterocycles. The third-order valence-corrected chi connectivity index (χ3v) is 5.27. The predicted molar refractivity (Wildman–Crippen MR) is 132 cm³/mol. The maximum Gasteiger partial charge on any atom is 0.325 e. The molecule has 0 bridgehead atoms. The molecule has 1 aromatic carbocycles. The average Bonchev–Trinajstić information content (AvgIpc) is 2.77. The van der Waals surface area contributed by atoms with E-state index in [2.05, 4.69) is 20.6 Å². The van der Waals surface area contributed by atoms with Gasteiger partial charge < -0.3 is 20.1 Å². The van der Waals surface area contributed by atoms with E-state index in [1.54, 1.807) is 20.8 Å². The molecule has 0 aliphatic carbocycles. The monoisotopic (exact) mass is 490 g/mol. The highest BCUT2D eigenvalue weighted by Gasteiger charge is 2.24. The number of aromatic nitrogens is 2. The molecular weight excluding hydrogens is 456 g/mol. The summed E-state index contributed by atoms with van der Waals surface area (Å²) in [5.41, 5.74) is 1.09. The molecule has 8 nitrogen and oxygen atoms in total. The molecule has 2 N–H and O–H groups in total. The van der Waals surface area contributed by atoms with Crippen LogP contribution < -0.4 is 15.4 Å². The Morgan fingerprint density at radius 2 is 1.79 bits per heavy atom. The van der Waals surface area contributed by atoms with Gasteiger partial charge in [0.25, 0.3) is 5.91 Å². The molecule has 1 fully saturated rings. The van der Waals surface area contributed by atoms with Gasteiger partial charge in [-0.1, -0.05) is 30.3 Å². The van der Waals surface area contributed by atoms with Crippen molar-refractivity contribution >= 4 is 24.3 Å². The molecule has 3 rings (SSSR count). The number of piperidine rings is 1. The standard InChI is InChI=1S/C25H34N4O4.ClH/c1-17-23(32-16-19-8-6-5-7-9-19)22(24(31)27-15-21(30)33-25(2,3)4)29-20(28-17)14-18-10-12-26-13-11-18;/h5-9,18,26H,10-16H2,1-4H3,(H,27,31);1H. The Kier molecular flexibility index (Phi) is 10.3. The number of esters is 1. The number of amides is 1. The van der Waals surface area contributed by atoms with Crippen molar-refractivity contribution in [2.45, 2.75) is 59.2 Å². The van der Waals surface area contributed by atoms with Crippen LogP contribution in [-0.4, -0.2) is 47.1 Å². The van der Waals surface area contributed by atoms with Crippen LogP contribution in [0.25, 0.3) is 0 Å². The first-order valence-electron chi connectivity index (χ1n) is 11.5. The lowest BCUT2D eigenvalue weighted by Gasteiger charge is -2.22. The van der Waals surface area contributed by atoms with Gasteiger partial charge in [0.1, 0.15) is 24.6 Å². The Bertz CT molecular complexity index is 957. The summed E-state index contributed by atoms with van der Waals surface area (Å²) in [4.78, 5) is 34.3. The van der Waals surface area contributed by atoms with E-state index in [1.807, 2.05) is 37.3 Å². The van der Waals surface area contributed by atoms with Crippen molar-refractivity contribution in [1.82, 2.24) is 20.6 Å². The number of hydrogen-bond acceptors (Lipinski definition) is 7. The highest BCUT2D eigenvalue weighted by Crippen LogP contribution is 2.24. The maximum absolute atomic E-state index is 13.0. The second-order valence-corrected chi connectivity index (χ2v) is 9.34. The third kappa shape index (κ3) is 8.57. The molecule has 9 heteroatoms. The summed E-state index contributed by atoms with van der Waals surface area (Å²) in [6.07, 6.45) is 2.80. The molecule has 1 aliphatic heterocycles. The number of nitrogens with one attached hydrogen (secondary N) is 2. The van der Waals surface area contributed by atoms with Gasteiger partial charge in [0.05, 0.1) is 5.69 Å². The maximum atomic E-state index is 13.0. The summed E-state index contributed by atoms with van der Waals surface area (Å²) in [7, 11) is 0. The Hall–Kier alpha value is -2.71. The number of halogens is 1. The fourth-order valence-corrected chi connectivity index (χ4v) is 3.73. The van der Waals surface area contributed by atoms with Crippen molar-refractivity contribution in [3.05, 3.63) is 53.1 Å². The molecular formula is C25H35ClN4O4. The zero-order valence-electron chi connectivity index (χ0n) is 20.3. The van der Waals surface area contributed by atoms with E-state index in [4.69, 9.17) is 9.47 Å². The fourth-order valence-electron chi connectivity index (χ4n) is 3.73. The molecule has 2 aromatic rings. The van der Waals surface area contributed by atoms with Crippen LogP contribution in [0.1, 0.15) is 61.2 Å².